The monoisotopic (exact) mass is 350 g/mol. The molecule has 0 aromatic heterocycles. The van der Waals surface area contributed by atoms with E-state index in [-0.39, 0.29) is 12.3 Å². The fourth-order valence-corrected chi connectivity index (χ4v) is 3.16. The van der Waals surface area contributed by atoms with Gasteiger partial charge in [0.05, 0.1) is 6.42 Å². The Kier molecular flexibility index (Phi) is 5.77. The normalized spacial score (nSPS) is 17.6. The molecule has 2 rings (SSSR count). The molecule has 0 saturated carbocycles. The lowest BCUT2D eigenvalue weighted by Gasteiger charge is -2.32. The lowest BCUT2D eigenvalue weighted by Crippen LogP contribution is -2.52. The molecule has 1 aliphatic rings. The Hall–Kier alpha value is -2.44. The molecule has 1 saturated heterocycles. The van der Waals surface area contributed by atoms with Crippen LogP contribution in [0.3, 0.4) is 0 Å². The molecule has 1 heterocycles. The Balaban J connectivity index is 2.11. The number of nitrogens with zero attached hydrogens (tertiary/aromatic N) is 1. The molecule has 1 fully saturated rings. The van der Waals surface area contributed by atoms with Gasteiger partial charge in [0, 0.05) is 17.8 Å². The number of halogens is 1. The van der Waals surface area contributed by atoms with Crippen LogP contribution in [-0.2, 0) is 14.4 Å². The molecule has 0 bridgehead atoms. The van der Waals surface area contributed by atoms with Gasteiger partial charge in [-0.05, 0) is 43.5 Å². The lowest BCUT2D eigenvalue weighted by molar-refractivity contribution is -0.139. The molecule has 1 aliphatic heterocycles. The summed E-state index contributed by atoms with van der Waals surface area (Å²) < 4.78 is 13.0. The minimum Gasteiger partial charge on any atom is -0.481 e. The Bertz CT molecular complexity index is 656. The zero-order valence-electron chi connectivity index (χ0n) is 14.4. The predicted molar refractivity (Wildman–Crippen MR) is 90.6 cm³/mol. The first-order chi connectivity index (χ1) is 11.8. The van der Waals surface area contributed by atoms with E-state index in [1.54, 1.807) is 0 Å². The molecular weight excluding hydrogens is 327 g/mol. The number of hydrogen-bond acceptors (Lipinski definition) is 3. The van der Waals surface area contributed by atoms with E-state index in [2.05, 4.69) is 5.32 Å². The van der Waals surface area contributed by atoms with Gasteiger partial charge < -0.3 is 15.3 Å². The van der Waals surface area contributed by atoms with Crippen LogP contribution in [-0.4, -0.2) is 35.0 Å². The highest BCUT2D eigenvalue weighted by molar-refractivity contribution is 6.09. The van der Waals surface area contributed by atoms with Crippen LogP contribution >= 0.6 is 0 Å². The van der Waals surface area contributed by atoms with Crippen LogP contribution < -0.4 is 10.2 Å². The molecule has 1 unspecified atom stereocenters. The van der Waals surface area contributed by atoms with Gasteiger partial charge in [-0.3, -0.25) is 14.4 Å². The van der Waals surface area contributed by atoms with Gasteiger partial charge in [0.1, 0.15) is 11.7 Å². The van der Waals surface area contributed by atoms with E-state index in [9.17, 15) is 18.8 Å². The maximum Gasteiger partial charge on any atom is 0.305 e. The van der Waals surface area contributed by atoms with Crippen LogP contribution in [0.5, 0.6) is 0 Å². The van der Waals surface area contributed by atoms with Crippen molar-refractivity contribution in [3.63, 3.8) is 0 Å². The second-order valence-corrected chi connectivity index (χ2v) is 6.35. The quantitative estimate of drug-likeness (QED) is 0.739. The van der Waals surface area contributed by atoms with Crippen molar-refractivity contribution in [3.8, 4) is 0 Å². The summed E-state index contributed by atoms with van der Waals surface area (Å²) in [7, 11) is 0. The van der Waals surface area contributed by atoms with E-state index < -0.39 is 29.2 Å². The van der Waals surface area contributed by atoms with Crippen molar-refractivity contribution in [2.45, 2.75) is 45.1 Å². The molecule has 6 nitrogen and oxygen atoms in total. The van der Waals surface area contributed by atoms with Gasteiger partial charge >= 0.3 is 5.97 Å². The van der Waals surface area contributed by atoms with Crippen LogP contribution in [0.4, 0.5) is 10.1 Å². The van der Waals surface area contributed by atoms with Crippen molar-refractivity contribution in [3.05, 3.63) is 30.1 Å². The highest BCUT2D eigenvalue weighted by Gasteiger charge is 2.41. The zero-order chi connectivity index (χ0) is 18.6. The third-order valence-electron chi connectivity index (χ3n) is 4.89. The Morgan fingerprint density at radius 3 is 2.40 bits per heavy atom. The Morgan fingerprint density at radius 1 is 1.28 bits per heavy atom. The van der Waals surface area contributed by atoms with E-state index in [0.717, 1.165) is 0 Å². The minimum atomic E-state index is -0.991. The SMILES string of the molecule is CCC(CC)(CC(=O)O)NC(=O)C1CCN(c2ccc(F)cc2)C1=O. The molecule has 0 aliphatic carbocycles. The fourth-order valence-electron chi connectivity index (χ4n) is 3.16. The topological polar surface area (TPSA) is 86.7 Å². The second-order valence-electron chi connectivity index (χ2n) is 6.35. The lowest BCUT2D eigenvalue weighted by atomic mass is 9.88. The van der Waals surface area contributed by atoms with Crippen molar-refractivity contribution in [1.29, 1.82) is 0 Å². The molecule has 2 amide bonds. The summed E-state index contributed by atoms with van der Waals surface area (Å²) in [5.74, 6) is -3.03. The highest BCUT2D eigenvalue weighted by Crippen LogP contribution is 2.27. The number of benzene rings is 1. The smallest absolute Gasteiger partial charge is 0.305 e. The molecule has 1 atom stereocenters. The molecule has 0 radical (unpaired) electrons. The van der Waals surface area contributed by atoms with Gasteiger partial charge in [0.15, 0.2) is 0 Å². The van der Waals surface area contributed by atoms with Crippen molar-refractivity contribution in [2.75, 3.05) is 11.4 Å². The molecule has 25 heavy (non-hydrogen) atoms. The third kappa shape index (κ3) is 4.15. The van der Waals surface area contributed by atoms with Crippen molar-refractivity contribution >= 4 is 23.5 Å². The van der Waals surface area contributed by atoms with Crippen LogP contribution in [0.2, 0.25) is 0 Å². The predicted octanol–water partition coefficient (Wildman–Crippen LogP) is 2.33. The highest BCUT2D eigenvalue weighted by atomic mass is 19.1. The van der Waals surface area contributed by atoms with Crippen LogP contribution in [0, 0.1) is 11.7 Å². The van der Waals surface area contributed by atoms with E-state index >= 15 is 0 Å². The number of rotatable bonds is 7. The first-order valence-electron chi connectivity index (χ1n) is 8.42. The standard InChI is InChI=1S/C18H23FN2O4/c1-3-18(4-2,11-15(22)23)20-16(24)14-9-10-21(17(14)25)13-7-5-12(19)6-8-13/h5-8,14H,3-4,9-11H2,1-2H3,(H,20,24)(H,22,23). The maximum absolute atomic E-state index is 13.0. The number of carboxylic acids is 1. The van der Waals surface area contributed by atoms with Gasteiger partial charge in [-0.2, -0.15) is 0 Å². The summed E-state index contributed by atoms with van der Waals surface area (Å²) >= 11 is 0. The number of anilines is 1. The van der Waals surface area contributed by atoms with E-state index in [1.807, 2.05) is 13.8 Å². The summed E-state index contributed by atoms with van der Waals surface area (Å²) in [6, 6.07) is 5.53. The summed E-state index contributed by atoms with van der Waals surface area (Å²) in [6.07, 6.45) is 1.08. The summed E-state index contributed by atoms with van der Waals surface area (Å²) in [5, 5.41) is 11.9. The number of carbonyl (C=O) groups is 3. The average molecular weight is 350 g/mol. The van der Waals surface area contributed by atoms with Crippen LogP contribution in [0.1, 0.15) is 39.5 Å². The van der Waals surface area contributed by atoms with Crippen molar-refractivity contribution < 1.29 is 23.9 Å². The zero-order valence-corrected chi connectivity index (χ0v) is 14.4. The Morgan fingerprint density at radius 2 is 1.88 bits per heavy atom. The summed E-state index contributed by atoms with van der Waals surface area (Å²) in [6.45, 7) is 3.99. The molecule has 1 aromatic rings. The summed E-state index contributed by atoms with van der Waals surface area (Å²) in [4.78, 5) is 37.7. The Labute approximate surface area is 146 Å². The number of carbonyl (C=O) groups excluding carboxylic acids is 2. The van der Waals surface area contributed by atoms with Gasteiger partial charge in [-0.25, -0.2) is 4.39 Å². The van der Waals surface area contributed by atoms with Crippen molar-refractivity contribution in [1.82, 2.24) is 5.32 Å². The van der Waals surface area contributed by atoms with Crippen molar-refractivity contribution in [2.24, 2.45) is 5.92 Å². The van der Waals surface area contributed by atoms with Gasteiger partial charge in [-0.15, -0.1) is 0 Å². The van der Waals surface area contributed by atoms with Gasteiger partial charge in [0.2, 0.25) is 11.8 Å². The van der Waals surface area contributed by atoms with E-state index in [4.69, 9.17) is 5.11 Å². The largest absolute Gasteiger partial charge is 0.481 e. The first-order valence-corrected chi connectivity index (χ1v) is 8.42. The third-order valence-corrected chi connectivity index (χ3v) is 4.89. The number of aliphatic carboxylic acids is 1. The van der Waals surface area contributed by atoms with Crippen LogP contribution in [0.25, 0.3) is 0 Å². The maximum atomic E-state index is 13.0. The van der Waals surface area contributed by atoms with Gasteiger partial charge in [0.25, 0.3) is 0 Å². The molecular formula is C18H23FN2O4. The fraction of sp³-hybridized carbons (Fsp3) is 0.500. The average Bonchev–Trinajstić information content (AvgIpc) is 2.96. The number of nitrogens with one attached hydrogen (secondary N) is 1. The molecule has 2 N–H and O–H groups in total. The molecule has 136 valence electrons. The number of carboxylic acid groups (broad SMARTS) is 1. The van der Waals surface area contributed by atoms with E-state index in [0.29, 0.717) is 31.5 Å². The minimum absolute atomic E-state index is 0.186. The number of amides is 2. The first kappa shape index (κ1) is 18.9. The van der Waals surface area contributed by atoms with Gasteiger partial charge in [-0.1, -0.05) is 13.8 Å². The van der Waals surface area contributed by atoms with E-state index in [1.165, 1.54) is 29.2 Å². The molecule has 7 heteroatoms. The van der Waals surface area contributed by atoms with Crippen LogP contribution in [0.15, 0.2) is 24.3 Å². The number of hydrogen-bond donors (Lipinski definition) is 2. The molecule has 1 aromatic carbocycles. The second kappa shape index (κ2) is 7.63. The molecule has 0 spiro atoms. The summed E-state index contributed by atoms with van der Waals surface area (Å²) in [5.41, 5.74) is -0.309.